The van der Waals surface area contributed by atoms with Crippen LogP contribution in [0.15, 0.2) is 27.6 Å². The number of hydrogen-bond acceptors (Lipinski definition) is 3. The Kier molecular flexibility index (Phi) is 6.89. The van der Waals surface area contributed by atoms with Gasteiger partial charge in [-0.3, -0.25) is 0 Å². The predicted molar refractivity (Wildman–Crippen MR) is 78.5 cm³/mol. The highest BCUT2D eigenvalue weighted by Gasteiger charge is 2.23. The lowest BCUT2D eigenvalue weighted by atomic mass is 10.3. The molecule has 0 aliphatic carbocycles. The van der Waals surface area contributed by atoms with Crippen molar-refractivity contribution in [2.75, 3.05) is 19.0 Å². The summed E-state index contributed by atoms with van der Waals surface area (Å²) in [4.78, 5) is -0.369. The first-order valence-electron chi connectivity index (χ1n) is 5.43. The normalized spacial score (nSPS) is 13.5. The zero-order valence-electron chi connectivity index (χ0n) is 10.2. The topological polar surface area (TPSA) is 55.4 Å². The molecule has 0 aliphatic heterocycles. The van der Waals surface area contributed by atoms with Crippen molar-refractivity contribution in [2.45, 2.75) is 17.4 Å². The van der Waals surface area contributed by atoms with Crippen LogP contribution in [0.1, 0.15) is 6.42 Å². The molecule has 0 amide bonds. The van der Waals surface area contributed by atoms with Crippen molar-refractivity contribution >= 4 is 41.9 Å². The van der Waals surface area contributed by atoms with E-state index < -0.39 is 21.9 Å². The zero-order chi connectivity index (χ0) is 14.5. The van der Waals surface area contributed by atoms with Gasteiger partial charge in [0, 0.05) is 23.0 Å². The third kappa shape index (κ3) is 5.11. The number of benzene rings is 1. The molecule has 1 aromatic rings. The van der Waals surface area contributed by atoms with Gasteiger partial charge in [0.2, 0.25) is 10.0 Å². The van der Waals surface area contributed by atoms with Gasteiger partial charge < -0.3 is 4.74 Å². The van der Waals surface area contributed by atoms with Crippen LogP contribution in [0.5, 0.6) is 0 Å². The first-order valence-corrected chi connectivity index (χ1v) is 8.82. The van der Waals surface area contributed by atoms with Crippen molar-refractivity contribution in [2.24, 2.45) is 0 Å². The molecule has 0 aromatic heterocycles. The van der Waals surface area contributed by atoms with Crippen molar-refractivity contribution in [1.82, 2.24) is 4.72 Å². The highest BCUT2D eigenvalue weighted by atomic mass is 79.9. The number of sulfonamides is 1. The second kappa shape index (κ2) is 7.68. The van der Waals surface area contributed by atoms with E-state index in [9.17, 15) is 12.8 Å². The molecule has 0 heterocycles. The quantitative estimate of drug-likeness (QED) is 0.692. The largest absolute Gasteiger partial charge is 0.383 e. The van der Waals surface area contributed by atoms with E-state index in [1.807, 2.05) is 0 Å². The number of alkyl halides is 1. The van der Waals surface area contributed by atoms with Crippen molar-refractivity contribution in [1.29, 1.82) is 0 Å². The first kappa shape index (κ1) is 17.0. The summed E-state index contributed by atoms with van der Waals surface area (Å²) < 4.78 is 45.7. The molecular formula is C11H14Br2FNO3S. The highest BCUT2D eigenvalue weighted by molar-refractivity contribution is 9.10. The molecule has 4 nitrogen and oxygen atoms in total. The third-order valence-corrected chi connectivity index (χ3v) is 4.84. The molecule has 0 aliphatic rings. The molecule has 8 heteroatoms. The fourth-order valence-electron chi connectivity index (χ4n) is 1.49. The summed E-state index contributed by atoms with van der Waals surface area (Å²) in [5.74, 6) is -0.795. The minimum atomic E-state index is -3.90. The summed E-state index contributed by atoms with van der Waals surface area (Å²) in [5.41, 5.74) is 0. The number of ether oxygens (including phenoxy) is 1. The number of halogens is 3. The molecule has 19 heavy (non-hydrogen) atoms. The number of nitrogens with one attached hydrogen (secondary N) is 1. The van der Waals surface area contributed by atoms with Crippen LogP contribution in [-0.2, 0) is 14.8 Å². The molecule has 1 aromatic carbocycles. The van der Waals surface area contributed by atoms with Gasteiger partial charge in [-0.05, 0) is 24.6 Å². The smallest absolute Gasteiger partial charge is 0.243 e. The Balaban J connectivity index is 2.96. The maximum atomic E-state index is 13.7. The lowest BCUT2D eigenvalue weighted by Gasteiger charge is -2.17. The summed E-state index contributed by atoms with van der Waals surface area (Å²) in [6, 6.07) is 3.41. The van der Waals surface area contributed by atoms with Crippen molar-refractivity contribution in [3.63, 3.8) is 0 Å². The SMILES string of the molecule is COCC(CCBr)NS(=O)(=O)c1ccc(Br)cc1F. The summed E-state index contributed by atoms with van der Waals surface area (Å²) >= 11 is 6.32. The monoisotopic (exact) mass is 417 g/mol. The molecular weight excluding hydrogens is 405 g/mol. The lowest BCUT2D eigenvalue weighted by Crippen LogP contribution is -2.38. The molecule has 1 N–H and O–H groups in total. The Labute approximate surface area is 129 Å². The van der Waals surface area contributed by atoms with Gasteiger partial charge in [-0.15, -0.1) is 0 Å². The maximum Gasteiger partial charge on any atom is 0.243 e. The highest BCUT2D eigenvalue weighted by Crippen LogP contribution is 2.19. The van der Waals surface area contributed by atoms with Crippen LogP contribution in [0.25, 0.3) is 0 Å². The van der Waals surface area contributed by atoms with E-state index in [2.05, 4.69) is 36.6 Å². The molecule has 1 rings (SSSR count). The van der Waals surface area contributed by atoms with Gasteiger partial charge in [0.1, 0.15) is 10.7 Å². The average molecular weight is 419 g/mol. The fraction of sp³-hybridized carbons (Fsp3) is 0.455. The molecule has 0 fully saturated rings. The number of methoxy groups -OCH3 is 1. The zero-order valence-corrected chi connectivity index (χ0v) is 14.2. The van der Waals surface area contributed by atoms with Gasteiger partial charge in [-0.1, -0.05) is 31.9 Å². The standard InChI is InChI=1S/C11H14Br2FNO3S/c1-18-7-9(4-5-12)15-19(16,17)11-3-2-8(13)6-10(11)14/h2-3,6,9,15H,4-5,7H2,1H3. The molecule has 0 spiro atoms. The van der Waals surface area contributed by atoms with Gasteiger partial charge >= 0.3 is 0 Å². The van der Waals surface area contributed by atoms with Gasteiger partial charge in [-0.25, -0.2) is 17.5 Å². The number of hydrogen-bond donors (Lipinski definition) is 1. The predicted octanol–water partition coefficient (Wildman–Crippen LogP) is 2.67. The molecule has 1 unspecified atom stereocenters. The van der Waals surface area contributed by atoms with E-state index in [1.54, 1.807) is 0 Å². The van der Waals surface area contributed by atoms with Crippen LogP contribution in [0.3, 0.4) is 0 Å². The Morgan fingerprint density at radius 3 is 2.68 bits per heavy atom. The Hall–Kier alpha value is -0.0200. The molecule has 0 saturated carbocycles. The minimum absolute atomic E-state index is 0.225. The fourth-order valence-corrected chi connectivity index (χ4v) is 3.69. The molecule has 1 atom stereocenters. The summed E-state index contributed by atoms with van der Waals surface area (Å²) in [6.07, 6.45) is 0.547. The van der Waals surface area contributed by atoms with E-state index in [-0.39, 0.29) is 11.5 Å². The van der Waals surface area contributed by atoms with Crippen LogP contribution in [0, 0.1) is 5.82 Å². The van der Waals surface area contributed by atoms with E-state index >= 15 is 0 Å². The second-order valence-corrected chi connectivity index (χ2v) is 7.22. The van der Waals surface area contributed by atoms with Crippen LogP contribution >= 0.6 is 31.9 Å². The van der Waals surface area contributed by atoms with Gasteiger partial charge in [-0.2, -0.15) is 0 Å². The first-order chi connectivity index (χ1) is 8.90. The molecule has 0 bridgehead atoms. The second-order valence-electron chi connectivity index (χ2n) is 3.83. The Morgan fingerprint density at radius 1 is 1.47 bits per heavy atom. The Bertz CT molecular complexity index is 519. The molecule has 0 saturated heterocycles. The summed E-state index contributed by atoms with van der Waals surface area (Å²) in [5, 5.41) is 0.617. The van der Waals surface area contributed by atoms with Crippen molar-refractivity contribution in [3.05, 3.63) is 28.5 Å². The van der Waals surface area contributed by atoms with Gasteiger partial charge in [0.05, 0.1) is 6.61 Å². The summed E-state index contributed by atoms with van der Waals surface area (Å²) in [7, 11) is -2.42. The lowest BCUT2D eigenvalue weighted by molar-refractivity contribution is 0.173. The van der Waals surface area contributed by atoms with Gasteiger partial charge in [0.25, 0.3) is 0 Å². The average Bonchev–Trinajstić information content (AvgIpc) is 2.28. The van der Waals surface area contributed by atoms with E-state index in [1.165, 1.54) is 19.2 Å². The summed E-state index contributed by atoms with van der Waals surface area (Å²) in [6.45, 7) is 0.225. The maximum absolute atomic E-state index is 13.7. The van der Waals surface area contributed by atoms with Crippen LogP contribution in [0.2, 0.25) is 0 Å². The molecule has 0 radical (unpaired) electrons. The van der Waals surface area contributed by atoms with Crippen LogP contribution in [0.4, 0.5) is 4.39 Å². The van der Waals surface area contributed by atoms with E-state index in [0.29, 0.717) is 16.2 Å². The van der Waals surface area contributed by atoms with Gasteiger partial charge in [0.15, 0.2) is 0 Å². The van der Waals surface area contributed by atoms with Crippen molar-refractivity contribution in [3.8, 4) is 0 Å². The minimum Gasteiger partial charge on any atom is -0.383 e. The van der Waals surface area contributed by atoms with Crippen LogP contribution < -0.4 is 4.72 Å². The molecule has 108 valence electrons. The Morgan fingerprint density at radius 2 is 2.16 bits per heavy atom. The van der Waals surface area contributed by atoms with Crippen LogP contribution in [-0.4, -0.2) is 33.5 Å². The van der Waals surface area contributed by atoms with Crippen molar-refractivity contribution < 1.29 is 17.5 Å². The van der Waals surface area contributed by atoms with E-state index in [4.69, 9.17) is 4.74 Å². The van der Waals surface area contributed by atoms with E-state index in [0.717, 1.165) is 6.07 Å². The third-order valence-electron chi connectivity index (χ3n) is 2.33. The number of rotatable bonds is 7.